The summed E-state index contributed by atoms with van der Waals surface area (Å²) in [5, 5.41) is 24.1. The van der Waals surface area contributed by atoms with E-state index in [0.29, 0.717) is 12.1 Å². The van der Waals surface area contributed by atoms with Gasteiger partial charge in [0.25, 0.3) is 0 Å². The number of rotatable bonds is 10. The van der Waals surface area contributed by atoms with Crippen LogP contribution >= 0.6 is 31.6 Å². The zero-order chi connectivity index (χ0) is 27.0. The average Bonchev–Trinajstić information content (AvgIpc) is 3.39. The van der Waals surface area contributed by atoms with E-state index in [1.54, 1.807) is 19.2 Å². The van der Waals surface area contributed by atoms with Crippen LogP contribution in [0, 0.1) is 0 Å². The van der Waals surface area contributed by atoms with Gasteiger partial charge in [0, 0.05) is 16.9 Å². The predicted molar refractivity (Wildman–Crippen MR) is 131 cm³/mol. The minimum atomic E-state index is -5.10. The summed E-state index contributed by atoms with van der Waals surface area (Å²) in [5.41, 5.74) is 1.54. The van der Waals surface area contributed by atoms with Crippen LogP contribution in [-0.4, -0.2) is 79.8 Å². The number of nitrogens with one attached hydrogen (secondary N) is 1. The van der Waals surface area contributed by atoms with Gasteiger partial charge in [-0.3, -0.25) is 18.8 Å². The molecule has 0 aliphatic carbocycles. The van der Waals surface area contributed by atoms with Crippen molar-refractivity contribution in [2.24, 2.45) is 0 Å². The van der Waals surface area contributed by atoms with Gasteiger partial charge >= 0.3 is 21.7 Å². The molecule has 1 aromatic carbocycles. The Kier molecular flexibility index (Phi) is 8.63. The molecule has 3 aliphatic rings. The van der Waals surface area contributed by atoms with E-state index in [1.165, 1.54) is 11.1 Å². The predicted octanol–water partition coefficient (Wildman–Crippen LogP) is 2.04. The second kappa shape index (κ2) is 11.2. The van der Waals surface area contributed by atoms with E-state index in [0.717, 1.165) is 14.9 Å². The van der Waals surface area contributed by atoms with Gasteiger partial charge in [0.05, 0.1) is 18.9 Å². The lowest BCUT2D eigenvalue weighted by molar-refractivity contribution is -0.0690. The highest BCUT2D eigenvalue weighted by Crippen LogP contribution is 2.60. The summed E-state index contributed by atoms with van der Waals surface area (Å²) >= 11 is 3.37. The van der Waals surface area contributed by atoms with Crippen LogP contribution in [0.15, 0.2) is 47.2 Å². The van der Waals surface area contributed by atoms with Gasteiger partial charge in [-0.05, 0) is 30.2 Å². The van der Waals surface area contributed by atoms with Crippen molar-refractivity contribution in [1.82, 2.24) is 15.1 Å². The van der Waals surface area contributed by atoms with Gasteiger partial charge in [-0.2, -0.15) is 4.31 Å². The Bertz CT molecular complexity index is 1170. The van der Waals surface area contributed by atoms with Crippen LogP contribution in [0.3, 0.4) is 0 Å². The molecule has 7 atom stereocenters. The number of hydrogen-bond acceptors (Lipinski definition) is 10. The average molecular weight is 626 g/mol. The monoisotopic (exact) mass is 625 g/mol. The second-order valence-corrected chi connectivity index (χ2v) is 12.2. The van der Waals surface area contributed by atoms with E-state index >= 15 is 0 Å². The topological polar surface area (TPSA) is 188 Å². The first kappa shape index (κ1) is 28.4. The Labute approximate surface area is 220 Å². The first-order chi connectivity index (χ1) is 17.4. The highest BCUT2D eigenvalue weighted by Gasteiger charge is 2.50. The zero-order valence-corrected chi connectivity index (χ0v) is 22.7. The largest absolute Gasteiger partial charge is 0.481 e. The highest BCUT2D eigenvalue weighted by atomic mass is 79.9. The number of nitrogens with zero attached hydrogens (tertiary/aromatic N) is 2. The number of ether oxygens (including phenoxy) is 1. The number of carbonyl (C=O) groups is 1. The molecule has 5 N–H and O–H groups in total. The maximum absolute atomic E-state index is 13.2. The lowest BCUT2D eigenvalue weighted by Gasteiger charge is -2.35. The third kappa shape index (κ3) is 6.52. The van der Waals surface area contributed by atoms with Crippen LogP contribution in [0.1, 0.15) is 18.9 Å². The molecular weight excluding hydrogens is 600 g/mol. The highest BCUT2D eigenvalue weighted by molar-refractivity contribution is 9.10. The van der Waals surface area contributed by atoms with E-state index in [-0.39, 0.29) is 6.61 Å². The summed E-state index contributed by atoms with van der Waals surface area (Å²) in [6, 6.07) is 6.90. The SMILES string of the molecule is CCCOP(=O)(O)OP(=O)(O)OCC1OC(N2C=CC3NC(c4ccc(Br)cc4)=CN3C2=O)C(O)C1O. The fourth-order valence-corrected chi connectivity index (χ4v) is 6.23. The Morgan fingerprint density at radius 1 is 1.08 bits per heavy atom. The molecule has 3 heterocycles. The standard InChI is InChI=1S/C20H26BrN3O11P2/c1-2-9-32-36(28,29)35-37(30,31)33-11-15-17(25)18(26)19(34-15)23-8-7-16-22-14(10-24(16)20(23)27)12-3-5-13(21)6-4-12/h3-8,10,15-19,22,25-26H,2,9,11H2,1H3,(H,28,29)(H,30,31). The smallest absolute Gasteiger partial charge is 0.387 e. The molecule has 0 saturated carbocycles. The number of carbonyl (C=O) groups excluding carboxylic acids is 1. The number of urea groups is 1. The summed E-state index contributed by atoms with van der Waals surface area (Å²) in [6.45, 7) is 0.649. The van der Waals surface area contributed by atoms with Crippen molar-refractivity contribution in [3.05, 3.63) is 52.8 Å². The first-order valence-electron chi connectivity index (χ1n) is 11.1. The Morgan fingerprint density at radius 3 is 2.43 bits per heavy atom. The van der Waals surface area contributed by atoms with Crippen molar-refractivity contribution in [3.8, 4) is 0 Å². The molecule has 4 rings (SSSR count). The maximum Gasteiger partial charge on any atom is 0.481 e. The van der Waals surface area contributed by atoms with Crippen LogP contribution < -0.4 is 5.32 Å². The molecular formula is C20H26BrN3O11P2. The zero-order valence-electron chi connectivity index (χ0n) is 19.4. The number of fused-ring (bicyclic) bond motifs is 1. The van der Waals surface area contributed by atoms with Gasteiger partial charge in [0.15, 0.2) is 6.23 Å². The van der Waals surface area contributed by atoms with Crippen molar-refractivity contribution < 1.29 is 52.0 Å². The number of halogens is 1. The number of phosphoric ester groups is 2. The van der Waals surface area contributed by atoms with Crippen molar-refractivity contribution in [2.45, 2.75) is 44.1 Å². The molecule has 1 saturated heterocycles. The van der Waals surface area contributed by atoms with Crippen molar-refractivity contribution in [1.29, 1.82) is 0 Å². The van der Waals surface area contributed by atoms with Crippen LogP contribution in [0.25, 0.3) is 5.70 Å². The number of aliphatic hydroxyl groups excluding tert-OH is 2. The van der Waals surface area contributed by atoms with E-state index in [2.05, 4.69) is 34.6 Å². The molecule has 17 heteroatoms. The second-order valence-electron chi connectivity index (χ2n) is 8.27. The van der Waals surface area contributed by atoms with E-state index in [4.69, 9.17) is 4.74 Å². The molecule has 0 radical (unpaired) electrons. The molecule has 2 amide bonds. The molecule has 1 fully saturated rings. The minimum absolute atomic E-state index is 0.198. The van der Waals surface area contributed by atoms with Crippen molar-refractivity contribution >= 4 is 43.3 Å². The third-order valence-electron chi connectivity index (χ3n) is 5.58. The summed E-state index contributed by atoms with van der Waals surface area (Å²) < 4.78 is 43.6. The van der Waals surface area contributed by atoms with Crippen LogP contribution in [0.4, 0.5) is 4.79 Å². The van der Waals surface area contributed by atoms with E-state index in [1.807, 2.05) is 24.3 Å². The number of amides is 2. The quantitative estimate of drug-likeness (QED) is 0.238. The molecule has 0 aromatic heterocycles. The molecule has 0 spiro atoms. The molecule has 14 nitrogen and oxygen atoms in total. The fraction of sp³-hybridized carbons (Fsp3) is 0.450. The minimum Gasteiger partial charge on any atom is -0.387 e. The fourth-order valence-electron chi connectivity index (χ4n) is 3.80. The molecule has 37 heavy (non-hydrogen) atoms. The third-order valence-corrected chi connectivity index (χ3v) is 8.74. The van der Waals surface area contributed by atoms with Gasteiger partial charge in [-0.25, -0.2) is 13.9 Å². The van der Waals surface area contributed by atoms with Gasteiger partial charge in [0.2, 0.25) is 0 Å². The van der Waals surface area contributed by atoms with Gasteiger partial charge < -0.3 is 30.1 Å². The summed E-state index contributed by atoms with van der Waals surface area (Å²) in [6.07, 6.45) is -1.41. The summed E-state index contributed by atoms with van der Waals surface area (Å²) in [7, 11) is -9.98. The van der Waals surface area contributed by atoms with Crippen LogP contribution in [0.2, 0.25) is 0 Å². The van der Waals surface area contributed by atoms with Gasteiger partial charge in [-0.15, -0.1) is 0 Å². The van der Waals surface area contributed by atoms with Crippen LogP contribution in [-0.2, 0) is 27.2 Å². The summed E-state index contributed by atoms with van der Waals surface area (Å²) in [4.78, 5) is 34.9. The van der Waals surface area contributed by atoms with Gasteiger partial charge in [0.1, 0.15) is 24.5 Å². The van der Waals surface area contributed by atoms with Gasteiger partial charge in [-0.1, -0.05) is 35.0 Å². The van der Waals surface area contributed by atoms with E-state index < -0.39 is 59.0 Å². The van der Waals surface area contributed by atoms with Crippen LogP contribution in [0.5, 0.6) is 0 Å². The Morgan fingerprint density at radius 2 is 1.76 bits per heavy atom. The Balaban J connectivity index is 1.39. The van der Waals surface area contributed by atoms with Crippen molar-refractivity contribution in [3.63, 3.8) is 0 Å². The lowest BCUT2D eigenvalue weighted by atomic mass is 10.1. The number of phosphoric acid groups is 2. The van der Waals surface area contributed by atoms with E-state index in [9.17, 15) is 33.9 Å². The normalized spacial score (nSPS) is 30.5. The number of aliphatic hydroxyl groups is 2. The summed E-state index contributed by atoms with van der Waals surface area (Å²) in [5.74, 6) is 0. The molecule has 1 aromatic rings. The Hall–Kier alpha value is -1.61. The molecule has 0 bridgehead atoms. The van der Waals surface area contributed by atoms with Crippen molar-refractivity contribution in [2.75, 3.05) is 13.2 Å². The lowest BCUT2D eigenvalue weighted by Crippen LogP contribution is -2.54. The number of benzene rings is 1. The molecule has 7 unspecified atom stereocenters. The number of hydrogen-bond donors (Lipinski definition) is 5. The first-order valence-corrected chi connectivity index (χ1v) is 14.9. The molecule has 3 aliphatic heterocycles. The molecule has 204 valence electrons. The maximum atomic E-state index is 13.2.